The number of nitrogens with zero attached hydrogens (tertiary/aromatic N) is 3. The van der Waals surface area contributed by atoms with Crippen LogP contribution in [0.5, 0.6) is 0 Å². The second-order valence-corrected chi connectivity index (χ2v) is 6.94. The highest BCUT2D eigenvalue weighted by atomic mass is 35.5. The van der Waals surface area contributed by atoms with Crippen molar-refractivity contribution in [2.75, 3.05) is 19.6 Å². The molecule has 4 rings (SSSR count). The first-order valence-corrected chi connectivity index (χ1v) is 9.01. The van der Waals surface area contributed by atoms with Crippen LogP contribution in [-0.2, 0) is 6.54 Å². The van der Waals surface area contributed by atoms with E-state index in [-0.39, 0.29) is 18.2 Å². The molecule has 0 aliphatic carbocycles. The summed E-state index contributed by atoms with van der Waals surface area (Å²) in [6.45, 7) is 3.48. The van der Waals surface area contributed by atoms with Crippen molar-refractivity contribution in [1.29, 1.82) is 0 Å². The van der Waals surface area contributed by atoms with E-state index in [1.54, 1.807) is 16.8 Å². The second-order valence-electron chi connectivity index (χ2n) is 6.94. The highest BCUT2D eigenvalue weighted by molar-refractivity contribution is 5.85. The van der Waals surface area contributed by atoms with Gasteiger partial charge in [0.1, 0.15) is 5.82 Å². The molecule has 1 aliphatic heterocycles. The number of likely N-dealkylation sites (tertiary alicyclic amines) is 1. The molecule has 2 heterocycles. The molecule has 2 aromatic carbocycles. The van der Waals surface area contributed by atoms with Gasteiger partial charge in [-0.05, 0) is 48.4 Å². The van der Waals surface area contributed by atoms with E-state index in [1.165, 1.54) is 17.7 Å². The molecule has 0 bridgehead atoms. The topological polar surface area (TPSA) is 47.1 Å². The first-order valence-electron chi connectivity index (χ1n) is 9.01. The molecule has 1 fully saturated rings. The van der Waals surface area contributed by atoms with Gasteiger partial charge in [0.05, 0.1) is 11.4 Å². The van der Waals surface area contributed by atoms with E-state index in [0.717, 1.165) is 31.0 Å². The van der Waals surface area contributed by atoms with Crippen LogP contribution in [0.1, 0.15) is 17.2 Å². The maximum absolute atomic E-state index is 13.1. The molecule has 1 aliphatic rings. The fourth-order valence-electron chi connectivity index (χ4n) is 3.82. The maximum Gasteiger partial charge on any atom is 0.123 e. The van der Waals surface area contributed by atoms with Gasteiger partial charge in [-0.3, -0.25) is 4.90 Å². The van der Waals surface area contributed by atoms with Gasteiger partial charge >= 0.3 is 0 Å². The molecule has 1 aromatic heterocycles. The molecule has 0 unspecified atom stereocenters. The van der Waals surface area contributed by atoms with E-state index in [9.17, 15) is 4.39 Å². The van der Waals surface area contributed by atoms with Crippen molar-refractivity contribution < 1.29 is 4.39 Å². The molecule has 0 saturated carbocycles. The van der Waals surface area contributed by atoms with Gasteiger partial charge in [0.15, 0.2) is 0 Å². The van der Waals surface area contributed by atoms with E-state index < -0.39 is 0 Å². The van der Waals surface area contributed by atoms with Gasteiger partial charge in [-0.1, -0.05) is 30.3 Å². The predicted molar refractivity (Wildman–Crippen MR) is 108 cm³/mol. The summed E-state index contributed by atoms with van der Waals surface area (Å²) in [6.07, 6.45) is 1.92. The number of aromatic nitrogens is 2. The summed E-state index contributed by atoms with van der Waals surface area (Å²) in [7, 11) is 0. The zero-order chi connectivity index (χ0) is 17.9. The Kier molecular flexibility index (Phi) is 6.26. The summed E-state index contributed by atoms with van der Waals surface area (Å²) in [5, 5.41) is 4.64. The molecular weight excluding hydrogens is 363 g/mol. The Balaban J connectivity index is 0.00000210. The quantitative estimate of drug-likeness (QED) is 0.728. The molecule has 6 heteroatoms. The van der Waals surface area contributed by atoms with Gasteiger partial charge in [0.2, 0.25) is 0 Å². The molecule has 1 saturated heterocycles. The Bertz CT molecular complexity index is 850. The zero-order valence-corrected chi connectivity index (χ0v) is 15.9. The van der Waals surface area contributed by atoms with Crippen LogP contribution in [0, 0.1) is 11.7 Å². The van der Waals surface area contributed by atoms with Crippen molar-refractivity contribution in [3.63, 3.8) is 0 Å². The average Bonchev–Trinajstić information content (AvgIpc) is 3.30. The van der Waals surface area contributed by atoms with Crippen molar-refractivity contribution in [2.45, 2.75) is 12.5 Å². The lowest BCUT2D eigenvalue weighted by Gasteiger charge is -2.16. The molecule has 27 heavy (non-hydrogen) atoms. The third-order valence-electron chi connectivity index (χ3n) is 5.17. The minimum Gasteiger partial charge on any atom is -0.330 e. The lowest BCUT2D eigenvalue weighted by molar-refractivity contribution is 0.312. The van der Waals surface area contributed by atoms with Gasteiger partial charge in [0, 0.05) is 31.7 Å². The van der Waals surface area contributed by atoms with Crippen LogP contribution >= 0.6 is 12.4 Å². The van der Waals surface area contributed by atoms with Crippen LogP contribution in [0.2, 0.25) is 0 Å². The van der Waals surface area contributed by atoms with Crippen LogP contribution in [0.4, 0.5) is 4.39 Å². The number of hydrogen-bond donors (Lipinski definition) is 1. The molecule has 142 valence electrons. The van der Waals surface area contributed by atoms with Gasteiger partial charge in [0.25, 0.3) is 0 Å². The third-order valence-corrected chi connectivity index (χ3v) is 5.17. The van der Waals surface area contributed by atoms with Crippen molar-refractivity contribution in [3.05, 3.63) is 83.9 Å². The van der Waals surface area contributed by atoms with Crippen LogP contribution in [0.3, 0.4) is 0 Å². The van der Waals surface area contributed by atoms with E-state index in [0.29, 0.717) is 18.4 Å². The zero-order valence-electron chi connectivity index (χ0n) is 15.0. The first-order chi connectivity index (χ1) is 12.7. The number of rotatable bonds is 5. The molecule has 0 spiro atoms. The van der Waals surface area contributed by atoms with Crippen LogP contribution in [0.15, 0.2) is 66.9 Å². The Morgan fingerprint density at radius 2 is 1.74 bits per heavy atom. The number of hydrogen-bond acceptors (Lipinski definition) is 3. The van der Waals surface area contributed by atoms with Crippen LogP contribution in [-0.4, -0.2) is 34.3 Å². The van der Waals surface area contributed by atoms with Crippen molar-refractivity contribution >= 4 is 12.4 Å². The number of benzene rings is 2. The minimum atomic E-state index is -0.238. The van der Waals surface area contributed by atoms with Crippen molar-refractivity contribution in [3.8, 4) is 5.69 Å². The third kappa shape index (κ3) is 4.38. The number of nitrogens with two attached hydrogens (primary N) is 1. The van der Waals surface area contributed by atoms with Crippen LogP contribution in [0.25, 0.3) is 5.69 Å². The Morgan fingerprint density at radius 1 is 1.00 bits per heavy atom. The Morgan fingerprint density at radius 3 is 2.44 bits per heavy atom. The van der Waals surface area contributed by atoms with E-state index in [2.05, 4.69) is 40.3 Å². The van der Waals surface area contributed by atoms with Gasteiger partial charge in [-0.25, -0.2) is 9.07 Å². The van der Waals surface area contributed by atoms with Crippen molar-refractivity contribution in [2.24, 2.45) is 11.7 Å². The lowest BCUT2D eigenvalue weighted by atomic mass is 9.89. The monoisotopic (exact) mass is 386 g/mol. The predicted octanol–water partition coefficient (Wildman–Crippen LogP) is 3.61. The highest BCUT2D eigenvalue weighted by Gasteiger charge is 2.32. The summed E-state index contributed by atoms with van der Waals surface area (Å²) < 4.78 is 14.9. The summed E-state index contributed by atoms with van der Waals surface area (Å²) >= 11 is 0. The summed E-state index contributed by atoms with van der Waals surface area (Å²) in [5.74, 6) is 0.704. The smallest absolute Gasteiger partial charge is 0.123 e. The molecule has 4 nitrogen and oxygen atoms in total. The molecule has 2 N–H and O–H groups in total. The Labute approximate surface area is 165 Å². The maximum atomic E-state index is 13.1. The van der Waals surface area contributed by atoms with Crippen LogP contribution < -0.4 is 5.73 Å². The normalized spacial score (nSPS) is 19.8. The van der Waals surface area contributed by atoms with E-state index >= 15 is 0 Å². The lowest BCUT2D eigenvalue weighted by Crippen LogP contribution is -2.23. The van der Waals surface area contributed by atoms with E-state index in [4.69, 9.17) is 5.73 Å². The SMILES string of the molecule is Cl.NC[C@@H]1CN(Cc2ccn(-c3ccc(F)cc3)n2)C[C@H]1c1ccccc1. The average molecular weight is 387 g/mol. The van der Waals surface area contributed by atoms with Gasteiger partial charge in [-0.2, -0.15) is 5.10 Å². The molecule has 2 atom stereocenters. The van der Waals surface area contributed by atoms with Gasteiger partial charge < -0.3 is 5.73 Å². The minimum absolute atomic E-state index is 0. The highest BCUT2D eigenvalue weighted by Crippen LogP contribution is 2.32. The van der Waals surface area contributed by atoms with Gasteiger partial charge in [-0.15, -0.1) is 12.4 Å². The number of halogens is 2. The summed E-state index contributed by atoms with van der Waals surface area (Å²) in [4.78, 5) is 2.42. The summed E-state index contributed by atoms with van der Waals surface area (Å²) in [5.41, 5.74) is 9.27. The molecular formula is C21H24ClFN4. The van der Waals surface area contributed by atoms with Crippen molar-refractivity contribution in [1.82, 2.24) is 14.7 Å². The molecule has 0 amide bonds. The second kappa shape index (κ2) is 8.65. The fourth-order valence-corrected chi connectivity index (χ4v) is 3.82. The molecule has 0 radical (unpaired) electrons. The Hall–Kier alpha value is -2.21. The summed E-state index contributed by atoms with van der Waals surface area (Å²) in [6, 6.07) is 19.0. The fraction of sp³-hybridized carbons (Fsp3) is 0.286. The first kappa shape index (κ1) is 19.5. The standard InChI is InChI=1S/C21H23FN4.ClH/c22-18-6-8-20(9-7-18)26-11-10-19(24-26)14-25-13-17(12-23)21(15-25)16-4-2-1-3-5-16;/h1-11,17,21H,12-15,23H2;1H/t17-,21+;/m1./s1. The van der Waals surface area contributed by atoms with E-state index in [1.807, 2.05) is 12.3 Å². The molecule has 3 aromatic rings. The largest absolute Gasteiger partial charge is 0.330 e.